The molecule has 9 heteroatoms. The fraction of sp³-hybridized carbons (Fsp3) is 0.440. The number of benzene rings is 1. The summed E-state index contributed by atoms with van der Waals surface area (Å²) in [5.41, 5.74) is 1.36. The van der Waals surface area contributed by atoms with Crippen LogP contribution in [0.5, 0.6) is 0 Å². The molecule has 1 aromatic carbocycles. The van der Waals surface area contributed by atoms with Gasteiger partial charge >= 0.3 is 0 Å². The first kappa shape index (κ1) is 21.2. The SMILES string of the molecule is CNC(=O)c1ccc(N2CCC(N3CC4(c5nc6cccc(F)c6c(=O)[nH]5)CC3C4)CC2)cn1. The molecule has 0 radical (unpaired) electrons. The molecule has 2 aromatic heterocycles. The van der Waals surface area contributed by atoms with Crippen molar-refractivity contribution in [2.24, 2.45) is 0 Å². The van der Waals surface area contributed by atoms with Crippen molar-refractivity contribution in [1.82, 2.24) is 25.2 Å². The smallest absolute Gasteiger partial charge is 0.269 e. The van der Waals surface area contributed by atoms with Gasteiger partial charge in [-0.25, -0.2) is 14.4 Å². The number of hydrogen-bond donors (Lipinski definition) is 2. The Balaban J connectivity index is 1.14. The maximum atomic E-state index is 14.1. The van der Waals surface area contributed by atoms with E-state index < -0.39 is 11.4 Å². The van der Waals surface area contributed by atoms with Gasteiger partial charge in [0.05, 0.1) is 17.4 Å². The van der Waals surface area contributed by atoms with Gasteiger partial charge in [-0.15, -0.1) is 0 Å². The molecule has 0 atom stereocenters. The van der Waals surface area contributed by atoms with Gasteiger partial charge in [-0.2, -0.15) is 0 Å². The largest absolute Gasteiger partial charge is 0.370 e. The highest BCUT2D eigenvalue weighted by Crippen LogP contribution is 2.53. The molecule has 176 valence electrons. The van der Waals surface area contributed by atoms with Gasteiger partial charge < -0.3 is 15.2 Å². The molecule has 0 spiro atoms. The summed E-state index contributed by atoms with van der Waals surface area (Å²) in [4.78, 5) is 41.1. The number of carbonyl (C=O) groups excluding carboxylic acids is 1. The van der Waals surface area contributed by atoms with Crippen LogP contribution in [0.1, 0.15) is 42.0 Å². The Morgan fingerprint density at radius 3 is 2.68 bits per heavy atom. The summed E-state index contributed by atoms with van der Waals surface area (Å²) in [6.45, 7) is 2.76. The molecule has 1 saturated carbocycles. The zero-order valence-electron chi connectivity index (χ0n) is 19.1. The molecular formula is C25H27FN6O2. The number of rotatable bonds is 4. The third kappa shape index (κ3) is 3.29. The molecule has 3 aromatic rings. The highest BCUT2D eigenvalue weighted by Gasteiger charge is 2.59. The molecule has 1 aliphatic carbocycles. The number of carbonyl (C=O) groups is 1. The summed E-state index contributed by atoms with van der Waals surface area (Å²) in [7, 11) is 1.60. The standard InChI is InChI=1S/C25H27FN6O2/c1-27-22(33)20-6-5-16(13-28-20)31-9-7-15(8-10-31)32-14-25(11-17(32)12-25)24-29-19-4-2-3-18(26)21(19)23(34)30-24/h2-6,13,15,17H,7-12,14H2,1H3,(H,27,33)(H,29,30,34). The third-order valence-electron chi connectivity index (χ3n) is 7.90. The second kappa shape index (κ2) is 7.87. The normalized spacial score (nSPS) is 24.9. The number of fused-ring (bicyclic) bond motifs is 2. The lowest BCUT2D eigenvalue weighted by Crippen LogP contribution is -2.46. The van der Waals surface area contributed by atoms with Gasteiger partial charge in [-0.05, 0) is 49.9 Å². The van der Waals surface area contributed by atoms with Crippen molar-refractivity contribution in [3.05, 3.63) is 64.2 Å². The number of nitrogens with zero attached hydrogens (tertiary/aromatic N) is 4. The molecule has 5 heterocycles. The summed E-state index contributed by atoms with van der Waals surface area (Å²) >= 11 is 0. The molecule has 4 aliphatic rings. The maximum absolute atomic E-state index is 14.1. The first-order valence-corrected chi connectivity index (χ1v) is 11.9. The Hall–Kier alpha value is -3.33. The predicted octanol–water partition coefficient (Wildman–Crippen LogP) is 2.20. The van der Waals surface area contributed by atoms with Crippen LogP contribution in [0.25, 0.3) is 10.9 Å². The van der Waals surface area contributed by atoms with Gasteiger partial charge in [0.1, 0.15) is 22.7 Å². The molecule has 4 fully saturated rings. The van der Waals surface area contributed by atoms with Gasteiger partial charge in [0, 0.05) is 44.2 Å². The Morgan fingerprint density at radius 2 is 1.97 bits per heavy atom. The summed E-state index contributed by atoms with van der Waals surface area (Å²) in [5.74, 6) is -0.00581. The number of nitrogens with one attached hydrogen (secondary N) is 2. The second-order valence-electron chi connectivity index (χ2n) is 9.76. The highest BCUT2D eigenvalue weighted by molar-refractivity contribution is 5.92. The monoisotopic (exact) mass is 462 g/mol. The van der Waals surface area contributed by atoms with Gasteiger partial charge in [0.15, 0.2) is 0 Å². The zero-order chi connectivity index (χ0) is 23.4. The van der Waals surface area contributed by atoms with E-state index in [0.717, 1.165) is 51.0 Å². The quantitative estimate of drug-likeness (QED) is 0.618. The van der Waals surface area contributed by atoms with Crippen LogP contribution >= 0.6 is 0 Å². The highest BCUT2D eigenvalue weighted by atomic mass is 19.1. The fourth-order valence-corrected chi connectivity index (χ4v) is 6.07. The van der Waals surface area contributed by atoms with E-state index in [-0.39, 0.29) is 16.7 Å². The predicted molar refractivity (Wildman–Crippen MR) is 127 cm³/mol. The Morgan fingerprint density at radius 1 is 1.18 bits per heavy atom. The van der Waals surface area contributed by atoms with Crippen molar-refractivity contribution in [2.75, 3.05) is 31.6 Å². The lowest BCUT2D eigenvalue weighted by atomic mass is 9.69. The van der Waals surface area contributed by atoms with Crippen molar-refractivity contribution in [2.45, 2.75) is 43.2 Å². The summed E-state index contributed by atoms with van der Waals surface area (Å²) < 4.78 is 14.1. The first-order valence-electron chi connectivity index (χ1n) is 11.9. The Labute approximate surface area is 196 Å². The van der Waals surface area contributed by atoms with Crippen molar-refractivity contribution >= 4 is 22.5 Å². The molecule has 2 N–H and O–H groups in total. The number of aromatic nitrogens is 3. The molecule has 7 rings (SSSR count). The Bertz CT molecular complexity index is 1310. The summed E-state index contributed by atoms with van der Waals surface area (Å²) in [5, 5.41) is 2.63. The minimum Gasteiger partial charge on any atom is -0.370 e. The van der Waals surface area contributed by atoms with Crippen molar-refractivity contribution < 1.29 is 9.18 Å². The number of H-pyrrole nitrogens is 1. The van der Waals surface area contributed by atoms with E-state index in [9.17, 15) is 14.0 Å². The molecule has 3 aliphatic heterocycles. The van der Waals surface area contributed by atoms with E-state index >= 15 is 0 Å². The second-order valence-corrected chi connectivity index (χ2v) is 9.76. The number of amides is 1. The van der Waals surface area contributed by atoms with Gasteiger partial charge in [-0.1, -0.05) is 6.07 Å². The van der Waals surface area contributed by atoms with E-state index in [0.29, 0.717) is 29.1 Å². The average molecular weight is 463 g/mol. The van der Waals surface area contributed by atoms with Crippen LogP contribution in [0.15, 0.2) is 41.3 Å². The van der Waals surface area contributed by atoms with Crippen molar-refractivity contribution in [3.63, 3.8) is 0 Å². The molecular weight excluding hydrogens is 435 g/mol. The third-order valence-corrected chi connectivity index (χ3v) is 7.90. The van der Waals surface area contributed by atoms with Gasteiger partial charge in [0.25, 0.3) is 11.5 Å². The van der Waals surface area contributed by atoms with Crippen LogP contribution in [0.3, 0.4) is 0 Å². The van der Waals surface area contributed by atoms with E-state index in [2.05, 4.69) is 30.1 Å². The average Bonchev–Trinajstić information content (AvgIpc) is 3.41. The van der Waals surface area contributed by atoms with E-state index in [1.165, 1.54) is 6.07 Å². The van der Waals surface area contributed by atoms with Gasteiger partial charge in [-0.3, -0.25) is 14.5 Å². The maximum Gasteiger partial charge on any atom is 0.269 e. The molecule has 34 heavy (non-hydrogen) atoms. The van der Waals surface area contributed by atoms with Crippen LogP contribution < -0.4 is 15.8 Å². The number of pyridine rings is 1. The van der Waals surface area contributed by atoms with Crippen molar-refractivity contribution in [3.8, 4) is 0 Å². The molecule has 1 amide bonds. The van der Waals surface area contributed by atoms with E-state index in [1.54, 1.807) is 31.4 Å². The van der Waals surface area contributed by atoms with Crippen LogP contribution in [-0.2, 0) is 5.41 Å². The number of aromatic amines is 1. The lowest BCUT2D eigenvalue weighted by Gasteiger charge is -2.40. The van der Waals surface area contributed by atoms with Crippen LogP contribution in [0, 0.1) is 5.82 Å². The summed E-state index contributed by atoms with van der Waals surface area (Å²) in [6.07, 6.45) is 5.86. The van der Waals surface area contributed by atoms with Crippen LogP contribution in [0.2, 0.25) is 0 Å². The summed E-state index contributed by atoms with van der Waals surface area (Å²) in [6, 6.07) is 9.35. The first-order chi connectivity index (χ1) is 16.5. The number of hydrogen-bond acceptors (Lipinski definition) is 6. The number of piperidine rings is 1. The lowest BCUT2D eigenvalue weighted by molar-refractivity contribution is 0.0958. The van der Waals surface area contributed by atoms with Crippen LogP contribution in [-0.4, -0.2) is 64.5 Å². The number of halogens is 1. The minimum absolute atomic E-state index is 0.0404. The van der Waals surface area contributed by atoms with E-state index in [1.807, 2.05) is 6.07 Å². The van der Waals surface area contributed by atoms with Crippen LogP contribution in [0.4, 0.5) is 10.1 Å². The fourth-order valence-electron chi connectivity index (χ4n) is 6.07. The molecule has 3 saturated heterocycles. The molecule has 2 bridgehead atoms. The number of anilines is 1. The van der Waals surface area contributed by atoms with Gasteiger partial charge in [0.2, 0.25) is 0 Å². The minimum atomic E-state index is -0.528. The van der Waals surface area contributed by atoms with Crippen molar-refractivity contribution in [1.29, 1.82) is 0 Å². The topological polar surface area (TPSA) is 94.2 Å². The molecule has 8 nitrogen and oxygen atoms in total. The molecule has 0 unspecified atom stereocenters. The Kier molecular flexibility index (Phi) is 4.91. The van der Waals surface area contributed by atoms with E-state index in [4.69, 9.17) is 0 Å². The zero-order valence-corrected chi connectivity index (χ0v) is 19.1.